The lowest BCUT2D eigenvalue weighted by atomic mass is 9.94. The number of anilines is 1. The number of nitrogens with zero attached hydrogens (tertiary/aromatic N) is 5. The molecule has 4 heterocycles. The van der Waals surface area contributed by atoms with Crippen LogP contribution in [0.4, 0.5) is 14.5 Å². The van der Waals surface area contributed by atoms with E-state index in [1.165, 1.54) is 18.2 Å². The van der Waals surface area contributed by atoms with Gasteiger partial charge in [-0.2, -0.15) is 5.26 Å². The van der Waals surface area contributed by atoms with Gasteiger partial charge in [0, 0.05) is 78.5 Å². The Kier molecular flexibility index (Phi) is 8.02. The van der Waals surface area contributed by atoms with Gasteiger partial charge in [-0.3, -0.25) is 14.5 Å². The minimum absolute atomic E-state index is 0.0628. The summed E-state index contributed by atoms with van der Waals surface area (Å²) in [7, 11) is 0. The van der Waals surface area contributed by atoms with Crippen LogP contribution in [0.5, 0.6) is 0 Å². The Morgan fingerprint density at radius 1 is 1.21 bits per heavy atom. The molecule has 2 atom stereocenters. The van der Waals surface area contributed by atoms with E-state index in [0.29, 0.717) is 61.9 Å². The molecule has 43 heavy (non-hydrogen) atoms. The molecule has 224 valence electrons. The smallest absolute Gasteiger partial charge is 0.271 e. The van der Waals surface area contributed by atoms with Crippen LogP contribution in [0.1, 0.15) is 24.1 Å². The number of aryl methyl sites for hydroxylation is 1. The molecule has 3 aliphatic rings. The molecule has 11 heteroatoms. The first-order valence-electron chi connectivity index (χ1n) is 14.5. The summed E-state index contributed by atoms with van der Waals surface area (Å²) in [6, 6.07) is 7.32. The normalized spacial score (nSPS) is 20.7. The molecule has 3 aromatic rings. The van der Waals surface area contributed by atoms with E-state index in [4.69, 9.17) is 4.74 Å². The topological polar surface area (TPSA) is 81.8 Å². The van der Waals surface area contributed by atoms with Gasteiger partial charge in [-0.15, -0.1) is 11.8 Å². The van der Waals surface area contributed by atoms with Crippen molar-refractivity contribution < 1.29 is 18.3 Å². The molecular weight excluding hydrogens is 572 g/mol. The highest BCUT2D eigenvalue weighted by molar-refractivity contribution is 7.99. The van der Waals surface area contributed by atoms with Crippen molar-refractivity contribution in [1.82, 2.24) is 14.4 Å². The molecule has 0 radical (unpaired) electrons. The van der Waals surface area contributed by atoms with E-state index >= 15 is 4.39 Å². The van der Waals surface area contributed by atoms with E-state index in [1.54, 1.807) is 21.2 Å². The number of carbonyl (C=O) groups excluding carboxylic acids is 1. The van der Waals surface area contributed by atoms with Crippen LogP contribution in [-0.2, 0) is 9.53 Å². The molecule has 1 aromatic heterocycles. The lowest BCUT2D eigenvalue weighted by molar-refractivity contribution is -0.126. The van der Waals surface area contributed by atoms with Crippen LogP contribution in [0.15, 0.2) is 46.6 Å². The fourth-order valence-corrected chi connectivity index (χ4v) is 8.03. The Hall–Kier alpha value is -3.72. The molecule has 2 aromatic carbocycles. The predicted molar refractivity (Wildman–Crippen MR) is 164 cm³/mol. The van der Waals surface area contributed by atoms with Crippen molar-refractivity contribution in [2.24, 2.45) is 0 Å². The number of ether oxygens (including phenoxy) is 1. The second-order valence-corrected chi connectivity index (χ2v) is 12.4. The second kappa shape index (κ2) is 11.8. The first-order valence-corrected chi connectivity index (χ1v) is 15.4. The summed E-state index contributed by atoms with van der Waals surface area (Å²) in [5.41, 5.74) is 2.54. The number of carbonyl (C=O) groups is 1. The number of thioether (sulfide) groups is 1. The van der Waals surface area contributed by atoms with Gasteiger partial charge >= 0.3 is 0 Å². The fourth-order valence-electron chi connectivity index (χ4n) is 6.66. The number of nitriles is 1. The lowest BCUT2D eigenvalue weighted by Crippen LogP contribution is -2.54. The van der Waals surface area contributed by atoms with Crippen molar-refractivity contribution in [1.29, 1.82) is 5.26 Å². The van der Waals surface area contributed by atoms with Crippen LogP contribution in [0.3, 0.4) is 0 Å². The Balaban J connectivity index is 1.60. The van der Waals surface area contributed by atoms with Crippen molar-refractivity contribution >= 4 is 34.3 Å². The largest absolute Gasteiger partial charge is 0.379 e. The monoisotopic (exact) mass is 605 g/mol. The summed E-state index contributed by atoms with van der Waals surface area (Å²) in [4.78, 5) is 33.5. The quantitative estimate of drug-likeness (QED) is 0.401. The van der Waals surface area contributed by atoms with Gasteiger partial charge in [0.15, 0.2) is 0 Å². The lowest BCUT2D eigenvalue weighted by Gasteiger charge is -2.42. The van der Waals surface area contributed by atoms with Crippen LogP contribution in [0.2, 0.25) is 0 Å². The molecule has 3 aliphatic heterocycles. The van der Waals surface area contributed by atoms with Gasteiger partial charge in [-0.1, -0.05) is 6.58 Å². The first kappa shape index (κ1) is 29.4. The standard InChI is InChI=1S/C32H33F2N5O3S/c1-4-27(40)37-7-8-38(20(3)16-37)29-24-13-19(2)28(23-6-5-21(33)14-26(23)34)31-30(24)39(32(41)25(29)15-35)22(18-43-31)17-36-9-11-42-12-10-36/h4-6,13-14,20,22H,1,7-12,16-18H2,2-3H3/t20-,22?/m0/s1. The number of amides is 1. The van der Waals surface area contributed by atoms with Crippen molar-refractivity contribution in [3.8, 4) is 17.2 Å². The van der Waals surface area contributed by atoms with E-state index < -0.39 is 11.6 Å². The average Bonchev–Trinajstić information content (AvgIpc) is 3.00. The van der Waals surface area contributed by atoms with Crippen molar-refractivity contribution in [2.75, 3.05) is 63.1 Å². The molecule has 2 saturated heterocycles. The highest BCUT2D eigenvalue weighted by atomic mass is 32.2. The fraction of sp³-hybridized carbons (Fsp3) is 0.406. The third-order valence-corrected chi connectivity index (χ3v) is 9.93. The summed E-state index contributed by atoms with van der Waals surface area (Å²) in [6.45, 7) is 12.1. The third kappa shape index (κ3) is 5.11. The summed E-state index contributed by atoms with van der Waals surface area (Å²) < 4.78 is 36.4. The van der Waals surface area contributed by atoms with Gasteiger partial charge in [0.05, 0.1) is 30.5 Å². The zero-order valence-corrected chi connectivity index (χ0v) is 25.1. The number of morpholine rings is 1. The molecule has 0 bridgehead atoms. The molecule has 0 spiro atoms. The van der Waals surface area contributed by atoms with Crippen LogP contribution in [0, 0.1) is 29.9 Å². The van der Waals surface area contributed by atoms with E-state index in [2.05, 4.69) is 17.5 Å². The molecule has 6 rings (SSSR count). The second-order valence-electron chi connectivity index (χ2n) is 11.3. The summed E-state index contributed by atoms with van der Waals surface area (Å²) in [6.07, 6.45) is 1.29. The van der Waals surface area contributed by atoms with E-state index in [0.717, 1.165) is 35.0 Å². The molecule has 1 unspecified atom stereocenters. The summed E-state index contributed by atoms with van der Waals surface area (Å²) in [5, 5.41) is 11.2. The Morgan fingerprint density at radius 3 is 2.65 bits per heavy atom. The van der Waals surface area contributed by atoms with Crippen LogP contribution < -0.4 is 10.5 Å². The zero-order valence-electron chi connectivity index (χ0n) is 24.2. The number of aromatic nitrogens is 1. The van der Waals surface area contributed by atoms with E-state index in [9.17, 15) is 19.2 Å². The minimum Gasteiger partial charge on any atom is -0.379 e. The maximum atomic E-state index is 15.3. The molecule has 2 fully saturated rings. The molecule has 0 saturated carbocycles. The zero-order chi connectivity index (χ0) is 30.4. The maximum Gasteiger partial charge on any atom is 0.271 e. The van der Waals surface area contributed by atoms with E-state index in [-0.39, 0.29) is 34.7 Å². The van der Waals surface area contributed by atoms with Crippen LogP contribution in [0.25, 0.3) is 22.0 Å². The minimum atomic E-state index is -0.672. The number of hydrogen-bond acceptors (Lipinski definition) is 7. The maximum absolute atomic E-state index is 15.3. The van der Waals surface area contributed by atoms with Crippen molar-refractivity contribution in [3.05, 3.63) is 70.0 Å². The van der Waals surface area contributed by atoms with Gasteiger partial charge < -0.3 is 19.1 Å². The molecule has 0 aliphatic carbocycles. The SMILES string of the molecule is C=CC(=O)N1CCN(c2c(C#N)c(=O)n3c4c(c(-c5ccc(F)cc5F)c(C)cc24)SCC3CN2CCOCC2)[C@@H](C)C1. The van der Waals surface area contributed by atoms with Crippen LogP contribution >= 0.6 is 11.8 Å². The number of hydrogen-bond donors (Lipinski definition) is 0. The van der Waals surface area contributed by atoms with Gasteiger partial charge in [-0.05, 0) is 43.7 Å². The molecule has 8 nitrogen and oxygen atoms in total. The highest BCUT2D eigenvalue weighted by Crippen LogP contribution is 2.47. The van der Waals surface area contributed by atoms with Gasteiger partial charge in [0.2, 0.25) is 5.91 Å². The Labute approximate surface area is 253 Å². The molecule has 1 amide bonds. The number of halogens is 2. The van der Waals surface area contributed by atoms with Crippen LogP contribution in [-0.4, -0.2) is 84.6 Å². The number of pyridine rings is 1. The van der Waals surface area contributed by atoms with Crippen molar-refractivity contribution in [3.63, 3.8) is 0 Å². The summed E-state index contributed by atoms with van der Waals surface area (Å²) in [5.74, 6) is -0.934. The van der Waals surface area contributed by atoms with E-state index in [1.807, 2.05) is 24.8 Å². The van der Waals surface area contributed by atoms with Gasteiger partial charge in [-0.25, -0.2) is 8.78 Å². The number of rotatable bonds is 5. The molecule has 0 N–H and O–H groups in total. The first-order chi connectivity index (χ1) is 20.7. The van der Waals surface area contributed by atoms with Gasteiger partial charge in [0.1, 0.15) is 23.3 Å². The average molecular weight is 606 g/mol. The number of benzene rings is 2. The number of piperazine rings is 1. The van der Waals surface area contributed by atoms with Gasteiger partial charge in [0.25, 0.3) is 5.56 Å². The Bertz CT molecular complexity index is 1730. The predicted octanol–water partition coefficient (Wildman–Crippen LogP) is 4.33. The summed E-state index contributed by atoms with van der Waals surface area (Å²) >= 11 is 1.57. The third-order valence-electron chi connectivity index (χ3n) is 8.69. The van der Waals surface area contributed by atoms with Crippen molar-refractivity contribution in [2.45, 2.75) is 30.8 Å². The highest BCUT2D eigenvalue weighted by Gasteiger charge is 2.36. The Morgan fingerprint density at radius 2 is 1.98 bits per heavy atom. The molecular formula is C32H33F2N5O3S.